The number of rotatable bonds is 54. The third-order valence-corrected chi connectivity index (χ3v) is 12.5. The molecule has 0 aromatic heterocycles. The van der Waals surface area contributed by atoms with Crippen molar-refractivity contribution in [1.82, 2.24) is 0 Å². The summed E-state index contributed by atoms with van der Waals surface area (Å²) >= 11 is 0. The van der Waals surface area contributed by atoms with Crippen molar-refractivity contribution in [2.45, 2.75) is 258 Å². The highest BCUT2D eigenvalue weighted by atomic mass is 16.6. The molecule has 0 aromatic rings. The van der Waals surface area contributed by atoms with Crippen LogP contribution in [0.3, 0.4) is 0 Å². The van der Waals surface area contributed by atoms with Gasteiger partial charge >= 0.3 is 17.9 Å². The Kier molecular flexibility index (Phi) is 59.5. The largest absolute Gasteiger partial charge is 0.462 e. The van der Waals surface area contributed by atoms with Gasteiger partial charge in [-0.2, -0.15) is 0 Å². The number of esters is 3. The van der Waals surface area contributed by atoms with Gasteiger partial charge < -0.3 is 14.2 Å². The summed E-state index contributed by atoms with van der Waals surface area (Å²) in [4.78, 5) is 38.0. The van der Waals surface area contributed by atoms with Gasteiger partial charge in [0.05, 0.1) is 0 Å². The van der Waals surface area contributed by atoms with Crippen LogP contribution >= 0.6 is 0 Å². The topological polar surface area (TPSA) is 78.9 Å². The minimum Gasteiger partial charge on any atom is -0.462 e. The third-order valence-electron chi connectivity index (χ3n) is 12.5. The molecule has 432 valence electrons. The molecule has 0 aliphatic carbocycles. The normalized spacial score (nSPS) is 13.2. The third kappa shape index (κ3) is 61.8. The van der Waals surface area contributed by atoms with Gasteiger partial charge in [0.1, 0.15) is 13.2 Å². The molecule has 0 aliphatic heterocycles. The zero-order valence-electron chi connectivity index (χ0n) is 49.4. The molecule has 1 unspecified atom stereocenters. The molecule has 0 amide bonds. The summed E-state index contributed by atoms with van der Waals surface area (Å²) in [7, 11) is 0. The maximum absolute atomic E-state index is 12.8. The van der Waals surface area contributed by atoms with E-state index in [0.717, 1.165) is 173 Å². The Labute approximate surface area is 473 Å². The van der Waals surface area contributed by atoms with E-state index in [0.29, 0.717) is 19.3 Å². The van der Waals surface area contributed by atoms with E-state index in [1.54, 1.807) is 0 Å². The van der Waals surface area contributed by atoms with Crippen LogP contribution in [0.2, 0.25) is 0 Å². The van der Waals surface area contributed by atoms with E-state index in [9.17, 15) is 14.4 Å². The summed E-state index contributed by atoms with van der Waals surface area (Å²) in [6.07, 6.45) is 92.6. The molecule has 0 aliphatic rings. The maximum Gasteiger partial charge on any atom is 0.306 e. The molecule has 0 bridgehead atoms. The van der Waals surface area contributed by atoms with E-state index in [-0.39, 0.29) is 31.1 Å². The van der Waals surface area contributed by atoms with Crippen LogP contribution in [-0.4, -0.2) is 37.2 Å². The van der Waals surface area contributed by atoms with Crippen LogP contribution in [0.5, 0.6) is 0 Å². The second kappa shape index (κ2) is 63.6. The molecule has 0 heterocycles. The van der Waals surface area contributed by atoms with Gasteiger partial charge in [-0.05, 0) is 128 Å². The number of ether oxygens (including phenoxy) is 3. The molecule has 0 N–H and O–H groups in total. The molecule has 0 aromatic carbocycles. The zero-order chi connectivity index (χ0) is 55.7. The zero-order valence-corrected chi connectivity index (χ0v) is 49.4. The standard InChI is InChI=1S/C71H112O6/c1-4-7-10-13-16-18-20-22-24-26-28-29-30-31-32-33-34-35-36-37-38-39-40-41-43-44-46-48-50-52-55-58-61-64-70(73)76-67-68(66-75-69(72)63-60-57-54-15-12-9-6-3)77-71(74)65-62-59-56-53-51-49-47-45-42-27-25-23-21-19-17-14-11-8-5-2/h7-8,10-11,16-19,22-25,28-29,31-32,34-35,37-38,40-42,44-46,68H,4-6,9,12-15,20-21,26-27,30,33,36,39,43,47-67H2,1-3H3/b10-7-,11-8-,18-16-,19-17-,24-22-,25-23-,29-28-,32-31-,35-34-,38-37-,41-40-,45-42-,46-44-. The van der Waals surface area contributed by atoms with Crippen molar-refractivity contribution in [2.75, 3.05) is 13.2 Å². The van der Waals surface area contributed by atoms with E-state index in [1.807, 2.05) is 0 Å². The van der Waals surface area contributed by atoms with E-state index in [2.05, 4.69) is 179 Å². The molecule has 0 saturated carbocycles. The molecule has 0 rings (SSSR count). The SMILES string of the molecule is CC/C=C\C/C=C\C/C=C\C/C=C\C/C=C\C/C=C\C/C=C\C/C=C\C/C=C\CCCCCCCC(=O)OCC(COC(=O)CCCCCCCCC)OC(=O)CCCCCCCC/C=C\C/C=C\C/C=C\C/C=C\CC. The molecule has 1 atom stereocenters. The van der Waals surface area contributed by atoms with Crippen molar-refractivity contribution in [3.05, 3.63) is 158 Å². The number of carbonyl (C=O) groups is 3. The molecule has 0 radical (unpaired) electrons. The minimum absolute atomic E-state index is 0.0952. The Morgan fingerprint density at radius 1 is 0.273 bits per heavy atom. The van der Waals surface area contributed by atoms with E-state index < -0.39 is 6.10 Å². The van der Waals surface area contributed by atoms with Gasteiger partial charge in [0.15, 0.2) is 6.10 Å². The molecule has 77 heavy (non-hydrogen) atoms. The number of hydrogen-bond donors (Lipinski definition) is 0. The summed E-state index contributed by atoms with van der Waals surface area (Å²) in [5.41, 5.74) is 0. The van der Waals surface area contributed by atoms with Gasteiger partial charge in [-0.3, -0.25) is 14.4 Å². The van der Waals surface area contributed by atoms with Crippen molar-refractivity contribution in [3.63, 3.8) is 0 Å². The van der Waals surface area contributed by atoms with Gasteiger partial charge in [0, 0.05) is 19.3 Å². The highest BCUT2D eigenvalue weighted by Crippen LogP contribution is 2.14. The van der Waals surface area contributed by atoms with Crippen LogP contribution in [-0.2, 0) is 28.6 Å². The smallest absolute Gasteiger partial charge is 0.306 e. The van der Waals surface area contributed by atoms with Crippen LogP contribution in [0.1, 0.15) is 252 Å². The Bertz CT molecular complexity index is 1740. The Balaban J connectivity index is 4.24. The van der Waals surface area contributed by atoms with Crippen LogP contribution in [0, 0.1) is 0 Å². The van der Waals surface area contributed by atoms with Crippen LogP contribution in [0.15, 0.2) is 158 Å². The maximum atomic E-state index is 12.8. The summed E-state index contributed by atoms with van der Waals surface area (Å²) in [6.45, 7) is 6.33. The summed E-state index contributed by atoms with van der Waals surface area (Å²) in [6, 6.07) is 0. The fourth-order valence-electron chi connectivity index (χ4n) is 7.95. The molecule has 0 saturated heterocycles. The molecular weight excluding hydrogens is 949 g/mol. The monoisotopic (exact) mass is 1060 g/mol. The average Bonchev–Trinajstić information content (AvgIpc) is 3.43. The molecule has 6 nitrogen and oxygen atoms in total. The van der Waals surface area contributed by atoms with Crippen molar-refractivity contribution in [1.29, 1.82) is 0 Å². The fourth-order valence-corrected chi connectivity index (χ4v) is 7.95. The predicted molar refractivity (Wildman–Crippen MR) is 334 cm³/mol. The molecule has 6 heteroatoms. The highest BCUT2D eigenvalue weighted by molar-refractivity contribution is 5.71. The molecule has 0 fully saturated rings. The van der Waals surface area contributed by atoms with Gasteiger partial charge in [-0.15, -0.1) is 0 Å². The summed E-state index contributed by atoms with van der Waals surface area (Å²) < 4.78 is 16.8. The second-order valence-corrected chi connectivity index (χ2v) is 19.9. The molecular formula is C71H112O6. The lowest BCUT2D eigenvalue weighted by Gasteiger charge is -2.18. The van der Waals surface area contributed by atoms with E-state index >= 15 is 0 Å². The number of unbranched alkanes of at least 4 members (excludes halogenated alkanes) is 17. The van der Waals surface area contributed by atoms with E-state index in [1.165, 1.54) is 38.5 Å². The van der Waals surface area contributed by atoms with Crippen LogP contribution in [0.25, 0.3) is 0 Å². The molecule has 0 spiro atoms. The van der Waals surface area contributed by atoms with Crippen LogP contribution in [0.4, 0.5) is 0 Å². The number of hydrogen-bond acceptors (Lipinski definition) is 6. The van der Waals surface area contributed by atoms with Crippen LogP contribution < -0.4 is 0 Å². The Morgan fingerprint density at radius 2 is 0.506 bits per heavy atom. The minimum atomic E-state index is -0.798. The lowest BCUT2D eigenvalue weighted by atomic mass is 10.1. The van der Waals surface area contributed by atoms with Gasteiger partial charge in [-0.25, -0.2) is 0 Å². The number of carbonyl (C=O) groups excluding carboxylic acids is 3. The summed E-state index contributed by atoms with van der Waals surface area (Å²) in [5.74, 6) is -0.942. The first-order chi connectivity index (χ1) is 38.0. The average molecular weight is 1060 g/mol. The Morgan fingerprint density at radius 3 is 0.792 bits per heavy atom. The van der Waals surface area contributed by atoms with Gasteiger partial charge in [0.2, 0.25) is 0 Å². The van der Waals surface area contributed by atoms with Gasteiger partial charge in [0.25, 0.3) is 0 Å². The van der Waals surface area contributed by atoms with Crippen molar-refractivity contribution in [3.8, 4) is 0 Å². The van der Waals surface area contributed by atoms with Crippen molar-refractivity contribution in [2.24, 2.45) is 0 Å². The second-order valence-electron chi connectivity index (χ2n) is 19.9. The van der Waals surface area contributed by atoms with Crippen molar-refractivity contribution >= 4 is 17.9 Å². The quantitative estimate of drug-likeness (QED) is 0.0261. The fraction of sp³-hybridized carbons (Fsp3) is 0.592. The first-order valence-electron chi connectivity index (χ1n) is 31.0. The summed E-state index contributed by atoms with van der Waals surface area (Å²) in [5, 5.41) is 0. The Hall–Kier alpha value is -4.97. The lowest BCUT2D eigenvalue weighted by molar-refractivity contribution is -0.167. The van der Waals surface area contributed by atoms with Crippen molar-refractivity contribution < 1.29 is 28.6 Å². The van der Waals surface area contributed by atoms with E-state index in [4.69, 9.17) is 14.2 Å². The number of allylic oxidation sites excluding steroid dienone is 26. The predicted octanol–water partition coefficient (Wildman–Crippen LogP) is 21.3. The first-order valence-corrected chi connectivity index (χ1v) is 31.0. The highest BCUT2D eigenvalue weighted by Gasteiger charge is 2.19. The lowest BCUT2D eigenvalue weighted by Crippen LogP contribution is -2.30. The van der Waals surface area contributed by atoms with Gasteiger partial charge in [-0.1, -0.05) is 262 Å². The first kappa shape index (κ1) is 72.0.